The van der Waals surface area contributed by atoms with E-state index in [-0.39, 0.29) is 12.0 Å². The van der Waals surface area contributed by atoms with Crippen LogP contribution in [0.1, 0.15) is 38.7 Å². The molecule has 0 aliphatic carbocycles. The first-order valence-corrected chi connectivity index (χ1v) is 8.54. The highest BCUT2D eigenvalue weighted by molar-refractivity contribution is 6.00. The molecule has 1 atom stereocenters. The Hall–Kier alpha value is -1.55. The van der Waals surface area contributed by atoms with Crippen LogP contribution in [0.2, 0.25) is 0 Å². The van der Waals surface area contributed by atoms with Crippen molar-refractivity contribution in [3.05, 3.63) is 23.8 Å². The summed E-state index contributed by atoms with van der Waals surface area (Å²) < 4.78 is 5.87. The molecule has 1 N–H and O–H groups in total. The standard InChI is InChI=1S/C18H26N2O2/c1-3-16-18(21)20(4-2)15-12-14(5-6-17(15)22-16)11-13-7-9-19-10-8-13/h5-6,12-13,16,19H,3-4,7-11H2,1-2H3. The van der Waals surface area contributed by atoms with Gasteiger partial charge in [0, 0.05) is 6.54 Å². The number of benzene rings is 1. The van der Waals surface area contributed by atoms with Crippen LogP contribution < -0.4 is 15.0 Å². The Kier molecular flexibility index (Phi) is 4.67. The lowest BCUT2D eigenvalue weighted by molar-refractivity contribution is -0.126. The van der Waals surface area contributed by atoms with Crippen molar-refractivity contribution in [1.82, 2.24) is 5.32 Å². The second-order valence-corrected chi connectivity index (χ2v) is 6.30. The van der Waals surface area contributed by atoms with Gasteiger partial charge in [-0.3, -0.25) is 4.79 Å². The monoisotopic (exact) mass is 302 g/mol. The molecule has 0 spiro atoms. The van der Waals surface area contributed by atoms with E-state index in [0.29, 0.717) is 13.0 Å². The highest BCUT2D eigenvalue weighted by Crippen LogP contribution is 2.36. The second kappa shape index (κ2) is 6.69. The number of nitrogens with one attached hydrogen (secondary N) is 1. The molecular formula is C18H26N2O2. The summed E-state index contributed by atoms with van der Waals surface area (Å²) in [6.45, 7) is 6.96. The smallest absolute Gasteiger partial charge is 0.268 e. The fourth-order valence-corrected chi connectivity index (χ4v) is 3.50. The second-order valence-electron chi connectivity index (χ2n) is 6.30. The van der Waals surface area contributed by atoms with Gasteiger partial charge in [-0.1, -0.05) is 13.0 Å². The van der Waals surface area contributed by atoms with Crippen molar-refractivity contribution in [3.63, 3.8) is 0 Å². The third-order valence-corrected chi connectivity index (χ3v) is 4.79. The minimum Gasteiger partial charge on any atom is -0.478 e. The molecule has 1 saturated heterocycles. The Balaban J connectivity index is 1.82. The quantitative estimate of drug-likeness (QED) is 0.930. The summed E-state index contributed by atoms with van der Waals surface area (Å²) in [5.74, 6) is 1.69. The Morgan fingerprint density at radius 2 is 2.05 bits per heavy atom. The fourth-order valence-electron chi connectivity index (χ4n) is 3.50. The van der Waals surface area contributed by atoms with Crippen molar-refractivity contribution >= 4 is 11.6 Å². The maximum atomic E-state index is 12.4. The molecule has 3 rings (SSSR count). The van der Waals surface area contributed by atoms with Crippen LogP contribution in [0.3, 0.4) is 0 Å². The zero-order valence-corrected chi connectivity index (χ0v) is 13.6. The Morgan fingerprint density at radius 1 is 1.27 bits per heavy atom. The van der Waals surface area contributed by atoms with Gasteiger partial charge < -0.3 is 15.0 Å². The molecule has 2 heterocycles. The van der Waals surface area contributed by atoms with Crippen LogP contribution in [0, 0.1) is 5.92 Å². The lowest BCUT2D eigenvalue weighted by atomic mass is 9.90. The fraction of sp³-hybridized carbons (Fsp3) is 0.611. The molecule has 22 heavy (non-hydrogen) atoms. The van der Waals surface area contributed by atoms with Gasteiger partial charge in [0.1, 0.15) is 5.75 Å². The van der Waals surface area contributed by atoms with Gasteiger partial charge in [-0.25, -0.2) is 0 Å². The molecule has 1 aromatic carbocycles. The first-order valence-electron chi connectivity index (χ1n) is 8.54. The molecule has 4 nitrogen and oxygen atoms in total. The predicted octanol–water partition coefficient (Wildman–Crippen LogP) is 2.75. The number of fused-ring (bicyclic) bond motifs is 1. The summed E-state index contributed by atoms with van der Waals surface area (Å²) >= 11 is 0. The SMILES string of the molecule is CCC1Oc2ccc(CC3CCNCC3)cc2N(CC)C1=O. The number of hydrogen-bond acceptors (Lipinski definition) is 3. The highest BCUT2D eigenvalue weighted by atomic mass is 16.5. The number of nitrogens with zero attached hydrogens (tertiary/aromatic N) is 1. The first-order chi connectivity index (χ1) is 10.7. The maximum absolute atomic E-state index is 12.4. The molecule has 1 aromatic rings. The molecule has 0 bridgehead atoms. The van der Waals surface area contributed by atoms with E-state index in [1.54, 1.807) is 0 Å². The average Bonchev–Trinajstić information content (AvgIpc) is 2.55. The van der Waals surface area contributed by atoms with E-state index in [1.807, 2.05) is 24.8 Å². The van der Waals surface area contributed by atoms with E-state index in [9.17, 15) is 4.79 Å². The van der Waals surface area contributed by atoms with Crippen LogP contribution in [0.25, 0.3) is 0 Å². The molecule has 0 saturated carbocycles. The van der Waals surface area contributed by atoms with Crippen molar-refractivity contribution in [2.45, 2.75) is 45.6 Å². The molecule has 2 aliphatic heterocycles. The molecule has 1 amide bonds. The number of ether oxygens (including phenoxy) is 1. The van der Waals surface area contributed by atoms with Crippen LogP contribution in [0.4, 0.5) is 5.69 Å². The number of likely N-dealkylation sites (N-methyl/N-ethyl adjacent to an activating group) is 1. The van der Waals surface area contributed by atoms with E-state index >= 15 is 0 Å². The van der Waals surface area contributed by atoms with Gasteiger partial charge in [0.2, 0.25) is 0 Å². The van der Waals surface area contributed by atoms with Crippen molar-refractivity contribution in [3.8, 4) is 5.75 Å². The molecule has 0 aromatic heterocycles. The van der Waals surface area contributed by atoms with E-state index in [1.165, 1.54) is 18.4 Å². The van der Waals surface area contributed by atoms with Crippen LogP contribution in [-0.2, 0) is 11.2 Å². The Bertz CT molecular complexity index is 538. The number of carbonyl (C=O) groups excluding carboxylic acids is 1. The largest absolute Gasteiger partial charge is 0.478 e. The summed E-state index contributed by atoms with van der Waals surface area (Å²) in [7, 11) is 0. The van der Waals surface area contributed by atoms with Crippen molar-refractivity contribution in [2.24, 2.45) is 5.92 Å². The third kappa shape index (κ3) is 2.98. The van der Waals surface area contributed by atoms with Crippen LogP contribution >= 0.6 is 0 Å². The summed E-state index contributed by atoms with van der Waals surface area (Å²) in [4.78, 5) is 14.3. The number of amides is 1. The number of carbonyl (C=O) groups is 1. The summed E-state index contributed by atoms with van der Waals surface area (Å²) in [6, 6.07) is 6.37. The minimum absolute atomic E-state index is 0.0940. The van der Waals surface area contributed by atoms with Crippen LogP contribution in [0.5, 0.6) is 5.75 Å². The lowest BCUT2D eigenvalue weighted by Gasteiger charge is -2.34. The van der Waals surface area contributed by atoms with Gasteiger partial charge in [-0.15, -0.1) is 0 Å². The van der Waals surface area contributed by atoms with Gasteiger partial charge in [0.05, 0.1) is 5.69 Å². The molecule has 2 aliphatic rings. The zero-order valence-electron chi connectivity index (χ0n) is 13.6. The Morgan fingerprint density at radius 3 is 2.73 bits per heavy atom. The summed E-state index contributed by atoms with van der Waals surface area (Å²) in [6.07, 6.45) is 3.95. The van der Waals surface area contributed by atoms with Gasteiger partial charge in [0.15, 0.2) is 6.10 Å². The molecular weight excluding hydrogens is 276 g/mol. The molecule has 120 valence electrons. The third-order valence-electron chi connectivity index (χ3n) is 4.79. The number of hydrogen-bond donors (Lipinski definition) is 1. The molecule has 1 unspecified atom stereocenters. The van der Waals surface area contributed by atoms with E-state index in [4.69, 9.17) is 4.74 Å². The average molecular weight is 302 g/mol. The van der Waals surface area contributed by atoms with Gasteiger partial charge in [-0.05, 0) is 69.3 Å². The topological polar surface area (TPSA) is 41.6 Å². The lowest BCUT2D eigenvalue weighted by Crippen LogP contribution is -2.45. The van der Waals surface area contributed by atoms with Crippen LogP contribution in [0.15, 0.2) is 18.2 Å². The van der Waals surface area contributed by atoms with E-state index in [2.05, 4.69) is 17.4 Å². The van der Waals surface area contributed by atoms with E-state index in [0.717, 1.165) is 36.9 Å². The predicted molar refractivity (Wildman–Crippen MR) is 88.5 cm³/mol. The Labute approximate surface area is 132 Å². The van der Waals surface area contributed by atoms with Crippen LogP contribution in [-0.4, -0.2) is 31.6 Å². The summed E-state index contributed by atoms with van der Waals surface area (Å²) in [5, 5.41) is 3.41. The minimum atomic E-state index is -0.331. The van der Waals surface area contributed by atoms with Crippen molar-refractivity contribution < 1.29 is 9.53 Å². The first kappa shape index (κ1) is 15.3. The van der Waals surface area contributed by atoms with Crippen molar-refractivity contribution in [1.29, 1.82) is 0 Å². The normalized spacial score (nSPS) is 22.4. The molecule has 0 radical (unpaired) electrons. The highest BCUT2D eigenvalue weighted by Gasteiger charge is 2.32. The number of anilines is 1. The summed E-state index contributed by atoms with van der Waals surface area (Å²) in [5.41, 5.74) is 2.26. The number of rotatable bonds is 4. The maximum Gasteiger partial charge on any atom is 0.268 e. The van der Waals surface area contributed by atoms with Gasteiger partial charge >= 0.3 is 0 Å². The molecule has 1 fully saturated rings. The zero-order chi connectivity index (χ0) is 15.5. The molecule has 4 heteroatoms. The van der Waals surface area contributed by atoms with E-state index < -0.39 is 0 Å². The number of piperidine rings is 1. The van der Waals surface area contributed by atoms with Crippen molar-refractivity contribution in [2.75, 3.05) is 24.5 Å². The van der Waals surface area contributed by atoms with Gasteiger partial charge in [-0.2, -0.15) is 0 Å². The van der Waals surface area contributed by atoms with Gasteiger partial charge in [0.25, 0.3) is 5.91 Å².